The molecule has 0 aromatic heterocycles. The number of amides is 1. The molecule has 0 radical (unpaired) electrons. The first-order valence-corrected chi connectivity index (χ1v) is 8.59. The first kappa shape index (κ1) is 19.1. The van der Waals surface area contributed by atoms with Crippen LogP contribution in [0.2, 0.25) is 5.02 Å². The minimum Gasteiger partial charge on any atom is -0.490 e. The van der Waals surface area contributed by atoms with E-state index in [4.69, 9.17) is 21.1 Å². The Morgan fingerprint density at radius 3 is 2.36 bits per heavy atom. The third-order valence-corrected chi connectivity index (χ3v) is 3.61. The molecule has 2 rings (SSSR count). The number of carbonyl (C=O) groups excluding carboxylic acids is 1. The van der Waals surface area contributed by atoms with Crippen molar-refractivity contribution >= 4 is 23.2 Å². The summed E-state index contributed by atoms with van der Waals surface area (Å²) in [6.45, 7) is 5.16. The molecule has 25 heavy (non-hydrogen) atoms. The molecule has 134 valence electrons. The molecular weight excluding hydrogens is 345 g/mol. The SMILES string of the molecule is CCCOc1ccc(NC(=O)c2ccc(F)cc2Cl)cc1OCCC. The Hall–Kier alpha value is -2.27. The molecule has 0 aliphatic carbocycles. The van der Waals surface area contributed by atoms with Gasteiger partial charge in [0.05, 0.1) is 23.8 Å². The highest BCUT2D eigenvalue weighted by Gasteiger charge is 2.13. The molecule has 0 bridgehead atoms. The standard InChI is InChI=1S/C19H21ClFNO3/c1-3-9-24-17-8-6-14(12-18(17)25-10-4-2)22-19(23)15-7-5-13(21)11-16(15)20/h5-8,11-12H,3-4,9-10H2,1-2H3,(H,22,23). The van der Waals surface area contributed by atoms with Crippen LogP contribution < -0.4 is 14.8 Å². The highest BCUT2D eigenvalue weighted by molar-refractivity contribution is 6.34. The van der Waals surface area contributed by atoms with E-state index in [0.29, 0.717) is 30.4 Å². The molecule has 0 aliphatic rings. The molecule has 0 aliphatic heterocycles. The summed E-state index contributed by atoms with van der Waals surface area (Å²) in [6, 6.07) is 8.82. The Balaban J connectivity index is 2.19. The Bertz CT molecular complexity index is 737. The summed E-state index contributed by atoms with van der Waals surface area (Å²) in [5.41, 5.74) is 0.741. The van der Waals surface area contributed by atoms with Crippen molar-refractivity contribution in [2.75, 3.05) is 18.5 Å². The summed E-state index contributed by atoms with van der Waals surface area (Å²) < 4.78 is 24.5. The molecule has 4 nitrogen and oxygen atoms in total. The fourth-order valence-corrected chi connectivity index (χ4v) is 2.37. The number of rotatable bonds is 8. The van der Waals surface area contributed by atoms with Crippen LogP contribution in [0.3, 0.4) is 0 Å². The summed E-state index contributed by atoms with van der Waals surface area (Å²) in [4.78, 5) is 12.3. The number of hydrogen-bond donors (Lipinski definition) is 1. The highest BCUT2D eigenvalue weighted by atomic mass is 35.5. The predicted molar refractivity (Wildman–Crippen MR) is 97.4 cm³/mol. The van der Waals surface area contributed by atoms with Crippen molar-refractivity contribution in [1.82, 2.24) is 0 Å². The van der Waals surface area contributed by atoms with Gasteiger partial charge in [0.1, 0.15) is 5.82 Å². The van der Waals surface area contributed by atoms with Gasteiger partial charge in [-0.05, 0) is 43.2 Å². The smallest absolute Gasteiger partial charge is 0.257 e. The van der Waals surface area contributed by atoms with Crippen LogP contribution >= 0.6 is 11.6 Å². The summed E-state index contributed by atoms with van der Waals surface area (Å²) in [5.74, 6) is 0.286. The molecule has 0 saturated carbocycles. The van der Waals surface area contributed by atoms with Gasteiger partial charge in [0.15, 0.2) is 11.5 Å². The minimum absolute atomic E-state index is 0.0582. The van der Waals surface area contributed by atoms with Gasteiger partial charge in [-0.3, -0.25) is 4.79 Å². The van der Waals surface area contributed by atoms with Crippen molar-refractivity contribution in [3.8, 4) is 11.5 Å². The second-order valence-corrected chi connectivity index (χ2v) is 5.84. The number of benzene rings is 2. The van der Waals surface area contributed by atoms with Crippen molar-refractivity contribution in [3.05, 3.63) is 52.8 Å². The quantitative estimate of drug-likeness (QED) is 0.689. The Kier molecular flexibility index (Phi) is 7.07. The van der Waals surface area contributed by atoms with E-state index >= 15 is 0 Å². The molecule has 0 saturated heterocycles. The van der Waals surface area contributed by atoms with Gasteiger partial charge in [0.25, 0.3) is 5.91 Å². The second kappa shape index (κ2) is 9.28. The van der Waals surface area contributed by atoms with Gasteiger partial charge in [-0.25, -0.2) is 4.39 Å². The van der Waals surface area contributed by atoms with Gasteiger partial charge in [-0.15, -0.1) is 0 Å². The van der Waals surface area contributed by atoms with Crippen molar-refractivity contribution in [3.63, 3.8) is 0 Å². The van der Waals surface area contributed by atoms with E-state index in [0.717, 1.165) is 18.9 Å². The Labute approximate surface area is 151 Å². The van der Waals surface area contributed by atoms with Crippen LogP contribution in [0.1, 0.15) is 37.0 Å². The van der Waals surface area contributed by atoms with E-state index < -0.39 is 11.7 Å². The molecule has 2 aromatic rings. The largest absolute Gasteiger partial charge is 0.490 e. The number of carbonyl (C=O) groups is 1. The molecule has 0 fully saturated rings. The number of hydrogen-bond acceptors (Lipinski definition) is 3. The molecule has 2 aromatic carbocycles. The summed E-state index contributed by atoms with van der Waals surface area (Å²) >= 11 is 5.93. The van der Waals surface area contributed by atoms with Crippen LogP contribution in [0.25, 0.3) is 0 Å². The number of nitrogens with one attached hydrogen (secondary N) is 1. The molecule has 1 amide bonds. The van der Waals surface area contributed by atoms with Gasteiger partial charge in [-0.1, -0.05) is 25.4 Å². The zero-order valence-corrected chi connectivity index (χ0v) is 15.0. The van der Waals surface area contributed by atoms with Crippen LogP contribution in [0.5, 0.6) is 11.5 Å². The fourth-order valence-electron chi connectivity index (χ4n) is 2.11. The first-order chi connectivity index (χ1) is 12.0. The lowest BCUT2D eigenvalue weighted by molar-refractivity contribution is 0.102. The summed E-state index contributed by atoms with van der Waals surface area (Å²) in [5, 5.41) is 2.80. The number of ether oxygens (including phenoxy) is 2. The lowest BCUT2D eigenvalue weighted by Crippen LogP contribution is -2.13. The highest BCUT2D eigenvalue weighted by Crippen LogP contribution is 2.31. The van der Waals surface area contributed by atoms with Crippen LogP contribution in [-0.4, -0.2) is 19.1 Å². The lowest BCUT2D eigenvalue weighted by Gasteiger charge is -2.14. The molecule has 0 heterocycles. The Morgan fingerprint density at radius 1 is 1.04 bits per heavy atom. The van der Waals surface area contributed by atoms with Crippen molar-refractivity contribution in [2.24, 2.45) is 0 Å². The zero-order chi connectivity index (χ0) is 18.2. The Morgan fingerprint density at radius 2 is 1.72 bits per heavy atom. The van der Waals surface area contributed by atoms with Crippen LogP contribution in [0.4, 0.5) is 10.1 Å². The van der Waals surface area contributed by atoms with Gasteiger partial charge in [0.2, 0.25) is 0 Å². The van der Waals surface area contributed by atoms with Crippen LogP contribution in [0.15, 0.2) is 36.4 Å². The third-order valence-electron chi connectivity index (χ3n) is 3.30. The van der Waals surface area contributed by atoms with E-state index in [1.807, 2.05) is 13.8 Å². The molecule has 6 heteroatoms. The van der Waals surface area contributed by atoms with Crippen molar-refractivity contribution in [1.29, 1.82) is 0 Å². The molecule has 1 N–H and O–H groups in total. The lowest BCUT2D eigenvalue weighted by atomic mass is 10.2. The van der Waals surface area contributed by atoms with Crippen LogP contribution in [0, 0.1) is 5.82 Å². The van der Waals surface area contributed by atoms with Gasteiger partial charge >= 0.3 is 0 Å². The van der Waals surface area contributed by atoms with E-state index in [9.17, 15) is 9.18 Å². The van der Waals surface area contributed by atoms with Crippen molar-refractivity contribution < 1.29 is 18.7 Å². The minimum atomic E-state index is -0.491. The van der Waals surface area contributed by atoms with E-state index in [1.165, 1.54) is 12.1 Å². The molecule has 0 spiro atoms. The number of anilines is 1. The van der Waals surface area contributed by atoms with E-state index in [2.05, 4.69) is 5.32 Å². The van der Waals surface area contributed by atoms with Gasteiger partial charge in [0, 0.05) is 11.8 Å². The zero-order valence-electron chi connectivity index (χ0n) is 14.3. The second-order valence-electron chi connectivity index (χ2n) is 5.44. The maximum Gasteiger partial charge on any atom is 0.257 e. The van der Waals surface area contributed by atoms with E-state index in [-0.39, 0.29) is 10.6 Å². The molecule has 0 atom stereocenters. The maximum absolute atomic E-state index is 13.1. The average molecular weight is 366 g/mol. The first-order valence-electron chi connectivity index (χ1n) is 8.21. The van der Waals surface area contributed by atoms with Crippen LogP contribution in [-0.2, 0) is 0 Å². The summed E-state index contributed by atoms with van der Waals surface area (Å²) in [6.07, 6.45) is 1.74. The summed E-state index contributed by atoms with van der Waals surface area (Å²) in [7, 11) is 0. The monoisotopic (exact) mass is 365 g/mol. The topological polar surface area (TPSA) is 47.6 Å². The third kappa shape index (κ3) is 5.36. The van der Waals surface area contributed by atoms with Crippen molar-refractivity contribution in [2.45, 2.75) is 26.7 Å². The fraction of sp³-hybridized carbons (Fsp3) is 0.316. The molecular formula is C19H21ClFNO3. The predicted octanol–water partition coefficient (Wildman–Crippen LogP) is 5.31. The van der Waals surface area contributed by atoms with E-state index in [1.54, 1.807) is 18.2 Å². The average Bonchev–Trinajstić information content (AvgIpc) is 2.58. The molecule has 0 unspecified atom stereocenters. The maximum atomic E-state index is 13.1. The van der Waals surface area contributed by atoms with Gasteiger partial charge < -0.3 is 14.8 Å². The van der Waals surface area contributed by atoms with Gasteiger partial charge in [-0.2, -0.15) is 0 Å². The normalized spacial score (nSPS) is 10.4. The number of halogens is 2.